The molecule has 0 spiro atoms. The van der Waals surface area contributed by atoms with Crippen LogP contribution in [0.25, 0.3) is 0 Å². The third-order valence-electron chi connectivity index (χ3n) is 1.96. The van der Waals surface area contributed by atoms with E-state index in [1.807, 2.05) is 0 Å². The second-order valence-corrected chi connectivity index (χ2v) is 2.97. The predicted octanol–water partition coefficient (Wildman–Crippen LogP) is 0.519. The zero-order valence-electron chi connectivity index (χ0n) is 7.83. The van der Waals surface area contributed by atoms with Gasteiger partial charge >= 0.3 is 12.6 Å². The Hall–Kier alpha value is -0.750. The van der Waals surface area contributed by atoms with Crippen LogP contribution in [0.2, 0.25) is 0 Å². The molecule has 0 unspecified atom stereocenters. The molecule has 0 aliphatic carbocycles. The number of alkyl halides is 2. The third kappa shape index (κ3) is 3.19. The fourth-order valence-electron chi connectivity index (χ4n) is 1.37. The molecule has 82 valence electrons. The zero-order chi connectivity index (χ0) is 10.6. The van der Waals surface area contributed by atoms with Crippen molar-refractivity contribution in [2.24, 2.45) is 0 Å². The molecule has 1 rings (SSSR count). The standard InChI is InChI=1S/C8H13F2NO3/c1-2-13-7(12)6-3-5(4-11-6)14-8(9)10/h5-6,8,11H,2-4H2,1H3/t5-,6+/m1/s1. The van der Waals surface area contributed by atoms with Gasteiger partial charge in [-0.3, -0.25) is 4.79 Å². The second-order valence-electron chi connectivity index (χ2n) is 2.97. The normalized spacial score (nSPS) is 26.9. The first-order valence-electron chi connectivity index (χ1n) is 4.47. The van der Waals surface area contributed by atoms with Gasteiger partial charge < -0.3 is 14.8 Å². The van der Waals surface area contributed by atoms with Crippen molar-refractivity contribution in [2.45, 2.75) is 32.1 Å². The molecule has 1 saturated heterocycles. The van der Waals surface area contributed by atoms with Gasteiger partial charge in [-0.15, -0.1) is 0 Å². The van der Waals surface area contributed by atoms with Crippen LogP contribution in [0.1, 0.15) is 13.3 Å². The Morgan fingerprint density at radius 3 is 2.93 bits per heavy atom. The Morgan fingerprint density at radius 1 is 1.64 bits per heavy atom. The van der Waals surface area contributed by atoms with Crippen molar-refractivity contribution in [3.8, 4) is 0 Å². The van der Waals surface area contributed by atoms with E-state index >= 15 is 0 Å². The molecule has 4 nitrogen and oxygen atoms in total. The third-order valence-corrected chi connectivity index (χ3v) is 1.96. The highest BCUT2D eigenvalue weighted by Crippen LogP contribution is 2.14. The van der Waals surface area contributed by atoms with Gasteiger partial charge in [0, 0.05) is 13.0 Å². The molecule has 0 bridgehead atoms. The number of esters is 1. The van der Waals surface area contributed by atoms with Crippen LogP contribution < -0.4 is 5.32 Å². The first-order chi connectivity index (χ1) is 6.63. The lowest BCUT2D eigenvalue weighted by molar-refractivity contribution is -0.159. The Morgan fingerprint density at radius 2 is 2.36 bits per heavy atom. The van der Waals surface area contributed by atoms with Crippen molar-refractivity contribution in [2.75, 3.05) is 13.2 Å². The average Bonchev–Trinajstić information content (AvgIpc) is 2.52. The Labute approximate surface area is 80.6 Å². The van der Waals surface area contributed by atoms with Gasteiger partial charge in [0.2, 0.25) is 0 Å². The molecule has 0 amide bonds. The maximum Gasteiger partial charge on any atom is 0.345 e. The lowest BCUT2D eigenvalue weighted by atomic mass is 10.2. The van der Waals surface area contributed by atoms with Crippen molar-refractivity contribution in [1.82, 2.24) is 5.32 Å². The topological polar surface area (TPSA) is 47.6 Å². The average molecular weight is 209 g/mol. The first kappa shape index (κ1) is 11.3. The number of rotatable bonds is 4. The highest BCUT2D eigenvalue weighted by atomic mass is 19.3. The number of hydrogen-bond donors (Lipinski definition) is 1. The molecule has 1 heterocycles. The lowest BCUT2D eigenvalue weighted by Crippen LogP contribution is -2.32. The number of carbonyl (C=O) groups is 1. The zero-order valence-corrected chi connectivity index (χ0v) is 7.83. The first-order valence-corrected chi connectivity index (χ1v) is 4.47. The minimum atomic E-state index is -2.79. The summed E-state index contributed by atoms with van der Waals surface area (Å²) < 4.78 is 32.6. The van der Waals surface area contributed by atoms with E-state index in [1.54, 1.807) is 6.92 Å². The molecule has 0 aromatic rings. The minimum Gasteiger partial charge on any atom is -0.465 e. The Kier molecular flexibility index (Phi) is 4.21. The van der Waals surface area contributed by atoms with Crippen LogP contribution in [0.4, 0.5) is 8.78 Å². The van der Waals surface area contributed by atoms with E-state index in [1.165, 1.54) is 0 Å². The molecular weight excluding hydrogens is 196 g/mol. The summed E-state index contributed by atoms with van der Waals surface area (Å²) in [6.45, 7) is -0.548. The number of carbonyl (C=O) groups excluding carboxylic acids is 1. The minimum absolute atomic E-state index is 0.239. The van der Waals surface area contributed by atoms with Crippen LogP contribution in [0.5, 0.6) is 0 Å². The number of halogens is 2. The SMILES string of the molecule is CCOC(=O)[C@@H]1C[C@@H](OC(F)F)CN1. The van der Waals surface area contributed by atoms with E-state index in [0.717, 1.165) is 0 Å². The summed E-state index contributed by atoms with van der Waals surface area (Å²) in [6.07, 6.45) is -0.368. The van der Waals surface area contributed by atoms with Gasteiger partial charge in [-0.1, -0.05) is 0 Å². The van der Waals surface area contributed by atoms with Crippen molar-refractivity contribution < 1.29 is 23.0 Å². The fourth-order valence-corrected chi connectivity index (χ4v) is 1.37. The molecule has 1 aliphatic rings. The Balaban J connectivity index is 2.29. The smallest absolute Gasteiger partial charge is 0.345 e. The molecule has 1 aliphatic heterocycles. The van der Waals surface area contributed by atoms with E-state index in [4.69, 9.17) is 4.74 Å². The van der Waals surface area contributed by atoms with Crippen LogP contribution in [-0.4, -0.2) is 37.9 Å². The molecule has 1 N–H and O–H groups in total. The molecule has 0 aromatic carbocycles. The molecule has 14 heavy (non-hydrogen) atoms. The molecule has 1 fully saturated rings. The summed E-state index contributed by atoms with van der Waals surface area (Å²) in [6, 6.07) is -0.515. The van der Waals surface area contributed by atoms with Crippen LogP contribution >= 0.6 is 0 Å². The molecule has 2 atom stereocenters. The van der Waals surface area contributed by atoms with E-state index in [-0.39, 0.29) is 19.6 Å². The molecule has 0 saturated carbocycles. The summed E-state index contributed by atoms with van der Waals surface area (Å²) in [5, 5.41) is 2.76. The summed E-state index contributed by atoms with van der Waals surface area (Å²) >= 11 is 0. The maximum absolute atomic E-state index is 11.8. The van der Waals surface area contributed by atoms with Gasteiger partial charge in [-0.2, -0.15) is 8.78 Å². The monoisotopic (exact) mass is 209 g/mol. The molecule has 6 heteroatoms. The predicted molar refractivity (Wildman–Crippen MR) is 43.9 cm³/mol. The van der Waals surface area contributed by atoms with Gasteiger partial charge in [0.25, 0.3) is 0 Å². The van der Waals surface area contributed by atoms with Crippen molar-refractivity contribution >= 4 is 5.97 Å². The van der Waals surface area contributed by atoms with E-state index in [2.05, 4.69) is 10.1 Å². The van der Waals surface area contributed by atoms with Crippen LogP contribution in [-0.2, 0) is 14.3 Å². The summed E-state index contributed by atoms with van der Waals surface area (Å²) in [7, 11) is 0. The molecular formula is C8H13F2NO3. The highest BCUT2D eigenvalue weighted by molar-refractivity contribution is 5.76. The van der Waals surface area contributed by atoms with E-state index in [0.29, 0.717) is 0 Å². The van der Waals surface area contributed by atoms with Gasteiger partial charge in [0.15, 0.2) is 0 Å². The summed E-state index contributed by atoms with van der Waals surface area (Å²) in [5.41, 5.74) is 0. The van der Waals surface area contributed by atoms with E-state index < -0.39 is 24.7 Å². The van der Waals surface area contributed by atoms with Crippen LogP contribution in [0, 0.1) is 0 Å². The lowest BCUT2D eigenvalue weighted by Gasteiger charge is -2.09. The van der Waals surface area contributed by atoms with Crippen molar-refractivity contribution in [1.29, 1.82) is 0 Å². The van der Waals surface area contributed by atoms with Gasteiger partial charge in [0.05, 0.1) is 12.7 Å². The van der Waals surface area contributed by atoms with Gasteiger partial charge in [0.1, 0.15) is 6.04 Å². The second kappa shape index (κ2) is 5.21. The largest absolute Gasteiger partial charge is 0.465 e. The maximum atomic E-state index is 11.8. The summed E-state index contributed by atoms with van der Waals surface area (Å²) in [4.78, 5) is 11.1. The van der Waals surface area contributed by atoms with Gasteiger partial charge in [-0.05, 0) is 6.92 Å². The number of hydrogen-bond acceptors (Lipinski definition) is 4. The fraction of sp³-hybridized carbons (Fsp3) is 0.875. The number of ether oxygens (including phenoxy) is 2. The van der Waals surface area contributed by atoms with Crippen molar-refractivity contribution in [3.05, 3.63) is 0 Å². The number of nitrogens with one attached hydrogen (secondary N) is 1. The summed E-state index contributed by atoms with van der Waals surface area (Å²) in [5.74, 6) is -0.409. The molecule has 0 aromatic heterocycles. The Bertz CT molecular complexity index is 201. The van der Waals surface area contributed by atoms with Gasteiger partial charge in [-0.25, -0.2) is 0 Å². The van der Waals surface area contributed by atoms with Crippen LogP contribution in [0.3, 0.4) is 0 Å². The highest BCUT2D eigenvalue weighted by Gasteiger charge is 2.32. The van der Waals surface area contributed by atoms with E-state index in [9.17, 15) is 13.6 Å². The molecule has 0 radical (unpaired) electrons. The van der Waals surface area contributed by atoms with Crippen LogP contribution in [0.15, 0.2) is 0 Å². The quantitative estimate of drug-likeness (QED) is 0.686. The van der Waals surface area contributed by atoms with Crippen molar-refractivity contribution in [3.63, 3.8) is 0 Å².